The Morgan fingerprint density at radius 1 is 1.16 bits per heavy atom. The standard InChI is InChI=1S/C15H18F3N3O3S/c1-2-20-14(7-9-19-10-8-14)13(22)21(25(20,23)24)12-5-3-11(4-6-12)15(16,17)18/h3-6,19H,2,7-10H2,1H3. The first-order valence-corrected chi connectivity index (χ1v) is 9.30. The van der Waals surface area contributed by atoms with E-state index in [4.69, 9.17) is 0 Å². The van der Waals surface area contributed by atoms with Gasteiger partial charge in [0.15, 0.2) is 0 Å². The molecule has 2 fully saturated rings. The van der Waals surface area contributed by atoms with Crippen molar-refractivity contribution in [2.75, 3.05) is 23.9 Å². The van der Waals surface area contributed by atoms with Crippen molar-refractivity contribution in [3.05, 3.63) is 29.8 Å². The summed E-state index contributed by atoms with van der Waals surface area (Å²) in [4.78, 5) is 13.0. The van der Waals surface area contributed by atoms with E-state index in [0.717, 1.165) is 24.3 Å². The Balaban J connectivity index is 2.05. The van der Waals surface area contributed by atoms with Crippen molar-refractivity contribution in [2.45, 2.75) is 31.5 Å². The van der Waals surface area contributed by atoms with Crippen molar-refractivity contribution in [1.82, 2.24) is 9.62 Å². The molecule has 0 bridgehead atoms. The van der Waals surface area contributed by atoms with E-state index in [1.54, 1.807) is 6.92 Å². The van der Waals surface area contributed by atoms with Gasteiger partial charge in [0.25, 0.3) is 5.91 Å². The first-order chi connectivity index (χ1) is 11.6. The summed E-state index contributed by atoms with van der Waals surface area (Å²) in [5.41, 5.74) is -2.14. The van der Waals surface area contributed by atoms with Crippen LogP contribution in [0.25, 0.3) is 0 Å². The summed E-state index contributed by atoms with van der Waals surface area (Å²) in [7, 11) is -4.13. The topological polar surface area (TPSA) is 69.7 Å². The highest BCUT2D eigenvalue weighted by Gasteiger charge is 2.61. The molecule has 3 rings (SSSR count). The van der Waals surface area contributed by atoms with Gasteiger partial charge in [-0.1, -0.05) is 6.92 Å². The molecule has 1 spiro atoms. The van der Waals surface area contributed by atoms with Gasteiger partial charge in [-0.2, -0.15) is 30.2 Å². The summed E-state index contributed by atoms with van der Waals surface area (Å²) in [6, 6.07) is 3.60. The molecule has 25 heavy (non-hydrogen) atoms. The van der Waals surface area contributed by atoms with Crippen molar-refractivity contribution >= 4 is 21.8 Å². The molecule has 1 aromatic carbocycles. The SMILES string of the molecule is CCN1C2(CCNCC2)C(=O)N(c2ccc(C(F)(F)F)cc2)S1(=O)=O. The van der Waals surface area contributed by atoms with E-state index in [0.29, 0.717) is 30.2 Å². The first kappa shape index (κ1) is 18.2. The Morgan fingerprint density at radius 3 is 2.20 bits per heavy atom. The lowest BCUT2D eigenvalue weighted by Gasteiger charge is -2.36. The number of likely N-dealkylation sites (N-methyl/N-ethyl adjacent to an activating group) is 1. The summed E-state index contributed by atoms with van der Waals surface area (Å²) in [6.45, 7) is 2.76. The van der Waals surface area contributed by atoms with E-state index in [9.17, 15) is 26.4 Å². The minimum absolute atomic E-state index is 0.0770. The fraction of sp³-hybridized carbons (Fsp3) is 0.533. The van der Waals surface area contributed by atoms with E-state index in [2.05, 4.69) is 5.32 Å². The van der Waals surface area contributed by atoms with E-state index < -0.39 is 33.4 Å². The van der Waals surface area contributed by atoms with Crippen LogP contribution >= 0.6 is 0 Å². The maximum absolute atomic E-state index is 13.0. The Morgan fingerprint density at radius 2 is 1.72 bits per heavy atom. The van der Waals surface area contributed by atoms with Crippen molar-refractivity contribution < 1.29 is 26.4 Å². The van der Waals surface area contributed by atoms with E-state index in [1.807, 2.05) is 0 Å². The number of alkyl halides is 3. The molecule has 1 N–H and O–H groups in total. The number of hydrogen-bond donors (Lipinski definition) is 1. The van der Waals surface area contributed by atoms with Crippen molar-refractivity contribution in [3.8, 4) is 0 Å². The summed E-state index contributed by atoms with van der Waals surface area (Å²) in [5, 5.41) is 3.09. The largest absolute Gasteiger partial charge is 0.416 e. The third kappa shape index (κ3) is 2.72. The molecule has 138 valence electrons. The van der Waals surface area contributed by atoms with Gasteiger partial charge in [-0.15, -0.1) is 0 Å². The van der Waals surface area contributed by atoms with Gasteiger partial charge in [0, 0.05) is 6.54 Å². The van der Waals surface area contributed by atoms with Crippen molar-refractivity contribution in [2.24, 2.45) is 0 Å². The van der Waals surface area contributed by atoms with E-state index in [-0.39, 0.29) is 12.2 Å². The van der Waals surface area contributed by atoms with Gasteiger partial charge in [0.05, 0.1) is 11.3 Å². The minimum Gasteiger partial charge on any atom is -0.317 e. The quantitative estimate of drug-likeness (QED) is 0.853. The fourth-order valence-corrected chi connectivity index (χ4v) is 5.52. The molecule has 0 unspecified atom stereocenters. The van der Waals surface area contributed by atoms with Gasteiger partial charge >= 0.3 is 16.4 Å². The molecule has 1 aromatic rings. The van der Waals surface area contributed by atoms with Crippen LogP contribution in [0.5, 0.6) is 0 Å². The summed E-state index contributed by atoms with van der Waals surface area (Å²) in [6.07, 6.45) is -3.87. The Hall–Kier alpha value is -1.65. The predicted molar refractivity (Wildman–Crippen MR) is 85.1 cm³/mol. The zero-order valence-corrected chi connectivity index (χ0v) is 14.3. The fourth-order valence-electron chi connectivity index (χ4n) is 3.53. The van der Waals surface area contributed by atoms with E-state index in [1.165, 1.54) is 4.31 Å². The average Bonchev–Trinajstić information content (AvgIpc) is 2.70. The maximum Gasteiger partial charge on any atom is 0.416 e. The number of carbonyl (C=O) groups excluding carboxylic acids is 1. The number of amides is 1. The zero-order chi connectivity index (χ0) is 18.5. The highest BCUT2D eigenvalue weighted by Crippen LogP contribution is 2.42. The number of benzene rings is 1. The third-order valence-electron chi connectivity index (χ3n) is 4.72. The highest BCUT2D eigenvalue weighted by atomic mass is 32.2. The third-order valence-corrected chi connectivity index (χ3v) is 6.72. The van der Waals surface area contributed by atoms with Crippen LogP contribution in [-0.4, -0.2) is 43.8 Å². The Labute approximate surface area is 143 Å². The van der Waals surface area contributed by atoms with Gasteiger partial charge in [0.1, 0.15) is 5.54 Å². The maximum atomic E-state index is 13.0. The highest BCUT2D eigenvalue weighted by molar-refractivity contribution is 7.92. The molecular formula is C15H18F3N3O3S. The molecular weight excluding hydrogens is 359 g/mol. The summed E-state index contributed by atoms with van der Waals surface area (Å²) >= 11 is 0. The second-order valence-electron chi connectivity index (χ2n) is 6.07. The molecule has 2 saturated heterocycles. The van der Waals surface area contributed by atoms with Crippen LogP contribution in [0.15, 0.2) is 24.3 Å². The second-order valence-corrected chi connectivity index (χ2v) is 7.77. The lowest BCUT2D eigenvalue weighted by Crippen LogP contribution is -2.55. The number of rotatable bonds is 2. The van der Waals surface area contributed by atoms with Crippen LogP contribution in [-0.2, 0) is 21.2 Å². The Bertz CT molecular complexity index is 771. The lowest BCUT2D eigenvalue weighted by molar-refractivity contribution is -0.137. The molecule has 2 aliphatic heterocycles. The van der Waals surface area contributed by atoms with Crippen molar-refractivity contribution in [3.63, 3.8) is 0 Å². The predicted octanol–water partition coefficient (Wildman–Crippen LogP) is 1.74. The molecule has 2 heterocycles. The first-order valence-electron chi connectivity index (χ1n) is 7.90. The monoisotopic (exact) mass is 377 g/mol. The average molecular weight is 377 g/mol. The van der Waals surface area contributed by atoms with Crippen LogP contribution in [0.3, 0.4) is 0 Å². The molecule has 2 aliphatic rings. The number of piperidine rings is 1. The van der Waals surface area contributed by atoms with Gasteiger partial charge in [-0.25, -0.2) is 0 Å². The molecule has 0 aromatic heterocycles. The second kappa shape index (κ2) is 5.96. The van der Waals surface area contributed by atoms with E-state index >= 15 is 0 Å². The van der Waals surface area contributed by atoms with Crippen LogP contribution in [0, 0.1) is 0 Å². The molecule has 6 nitrogen and oxygen atoms in total. The number of carbonyl (C=O) groups is 1. The molecule has 0 atom stereocenters. The molecule has 0 aliphatic carbocycles. The van der Waals surface area contributed by atoms with Crippen LogP contribution in [0.1, 0.15) is 25.3 Å². The normalized spacial score (nSPS) is 23.4. The number of halogens is 3. The van der Waals surface area contributed by atoms with Crippen LogP contribution in [0.4, 0.5) is 18.9 Å². The smallest absolute Gasteiger partial charge is 0.317 e. The van der Waals surface area contributed by atoms with Crippen LogP contribution < -0.4 is 9.62 Å². The lowest BCUT2D eigenvalue weighted by atomic mass is 9.87. The molecule has 0 radical (unpaired) electrons. The summed E-state index contributed by atoms with van der Waals surface area (Å²) < 4.78 is 65.7. The zero-order valence-electron chi connectivity index (χ0n) is 13.5. The van der Waals surface area contributed by atoms with Gasteiger partial charge < -0.3 is 5.32 Å². The van der Waals surface area contributed by atoms with Gasteiger partial charge in [-0.05, 0) is 50.2 Å². The summed E-state index contributed by atoms with van der Waals surface area (Å²) in [5.74, 6) is -0.601. The Kier molecular flexibility index (Phi) is 4.33. The number of nitrogens with zero attached hydrogens (tertiary/aromatic N) is 2. The van der Waals surface area contributed by atoms with Crippen LogP contribution in [0.2, 0.25) is 0 Å². The van der Waals surface area contributed by atoms with Crippen molar-refractivity contribution in [1.29, 1.82) is 0 Å². The van der Waals surface area contributed by atoms with Gasteiger partial charge in [0.2, 0.25) is 0 Å². The molecule has 1 amide bonds. The number of nitrogens with one attached hydrogen (secondary N) is 1. The molecule has 10 heteroatoms. The minimum atomic E-state index is -4.53. The molecule has 0 saturated carbocycles. The number of anilines is 1. The van der Waals surface area contributed by atoms with Gasteiger partial charge in [-0.3, -0.25) is 4.79 Å². The number of hydrogen-bond acceptors (Lipinski definition) is 4.